The first kappa shape index (κ1) is 12.6. The fourth-order valence-corrected chi connectivity index (χ4v) is 2.28. The summed E-state index contributed by atoms with van der Waals surface area (Å²) < 4.78 is 2.08. The van der Waals surface area contributed by atoms with Gasteiger partial charge in [-0.05, 0) is 24.5 Å². The lowest BCUT2D eigenvalue weighted by Crippen LogP contribution is -2.23. The standard InChI is InChI=1S/C14H18N2O2/c1-16-9-10(8-11(15)6-7-14(17)18)12-4-2-3-5-13(12)16/h2-5,9,11H,6-8,15H2,1H3,(H,17,18). The number of carbonyl (C=O) groups is 1. The Morgan fingerprint density at radius 1 is 1.44 bits per heavy atom. The second kappa shape index (κ2) is 5.23. The number of carboxylic acid groups (broad SMARTS) is 1. The molecule has 0 saturated heterocycles. The van der Waals surface area contributed by atoms with E-state index in [1.54, 1.807) is 0 Å². The number of benzene rings is 1. The van der Waals surface area contributed by atoms with Crippen LogP contribution in [0.5, 0.6) is 0 Å². The van der Waals surface area contributed by atoms with Crippen molar-refractivity contribution in [2.75, 3.05) is 0 Å². The highest BCUT2D eigenvalue weighted by Crippen LogP contribution is 2.21. The van der Waals surface area contributed by atoms with Crippen molar-refractivity contribution in [3.05, 3.63) is 36.0 Å². The van der Waals surface area contributed by atoms with Crippen LogP contribution in [0, 0.1) is 0 Å². The van der Waals surface area contributed by atoms with Crippen LogP contribution in [0.25, 0.3) is 10.9 Å². The molecule has 1 heterocycles. The lowest BCUT2D eigenvalue weighted by atomic mass is 10.0. The fourth-order valence-electron chi connectivity index (χ4n) is 2.28. The number of nitrogens with two attached hydrogens (primary N) is 1. The Balaban J connectivity index is 2.14. The first-order chi connectivity index (χ1) is 8.58. The normalized spacial score (nSPS) is 12.8. The van der Waals surface area contributed by atoms with E-state index in [9.17, 15) is 4.79 Å². The zero-order chi connectivity index (χ0) is 13.1. The molecule has 96 valence electrons. The smallest absolute Gasteiger partial charge is 0.303 e. The van der Waals surface area contributed by atoms with Gasteiger partial charge < -0.3 is 15.4 Å². The summed E-state index contributed by atoms with van der Waals surface area (Å²) in [6, 6.07) is 8.06. The number of hydrogen-bond donors (Lipinski definition) is 2. The highest BCUT2D eigenvalue weighted by molar-refractivity contribution is 5.83. The van der Waals surface area contributed by atoms with Gasteiger partial charge in [0.25, 0.3) is 0 Å². The molecule has 1 aromatic carbocycles. The van der Waals surface area contributed by atoms with Crippen LogP contribution in [0.4, 0.5) is 0 Å². The summed E-state index contributed by atoms with van der Waals surface area (Å²) in [6.45, 7) is 0. The summed E-state index contributed by atoms with van der Waals surface area (Å²) in [6.07, 6.45) is 3.43. The molecule has 0 saturated carbocycles. The second-order valence-corrected chi connectivity index (χ2v) is 4.68. The molecule has 0 aliphatic heterocycles. The zero-order valence-corrected chi connectivity index (χ0v) is 10.5. The van der Waals surface area contributed by atoms with Gasteiger partial charge in [-0.25, -0.2) is 0 Å². The Kier molecular flexibility index (Phi) is 3.67. The molecule has 1 aromatic heterocycles. The summed E-state index contributed by atoms with van der Waals surface area (Å²) in [5.74, 6) is -0.789. The van der Waals surface area contributed by atoms with Crippen molar-refractivity contribution in [3.8, 4) is 0 Å². The van der Waals surface area contributed by atoms with Crippen LogP contribution in [0.3, 0.4) is 0 Å². The third kappa shape index (κ3) is 2.71. The molecule has 0 spiro atoms. The van der Waals surface area contributed by atoms with Gasteiger partial charge in [0.15, 0.2) is 0 Å². The molecule has 0 aliphatic rings. The van der Waals surface area contributed by atoms with Crippen molar-refractivity contribution < 1.29 is 9.90 Å². The quantitative estimate of drug-likeness (QED) is 0.846. The van der Waals surface area contributed by atoms with Gasteiger partial charge in [-0.1, -0.05) is 18.2 Å². The molecule has 0 amide bonds. The minimum Gasteiger partial charge on any atom is -0.481 e. The maximum atomic E-state index is 10.5. The first-order valence-corrected chi connectivity index (χ1v) is 6.08. The number of aliphatic carboxylic acids is 1. The summed E-state index contributed by atoms with van der Waals surface area (Å²) in [4.78, 5) is 10.5. The van der Waals surface area contributed by atoms with Gasteiger partial charge in [0.05, 0.1) is 0 Å². The van der Waals surface area contributed by atoms with Crippen molar-refractivity contribution in [2.24, 2.45) is 12.8 Å². The number of rotatable bonds is 5. The Hall–Kier alpha value is -1.81. The van der Waals surface area contributed by atoms with Gasteiger partial charge >= 0.3 is 5.97 Å². The van der Waals surface area contributed by atoms with E-state index in [1.165, 1.54) is 16.5 Å². The van der Waals surface area contributed by atoms with E-state index >= 15 is 0 Å². The van der Waals surface area contributed by atoms with Crippen molar-refractivity contribution in [1.82, 2.24) is 4.57 Å². The molecular weight excluding hydrogens is 228 g/mol. The van der Waals surface area contributed by atoms with Crippen LogP contribution in [-0.2, 0) is 18.3 Å². The van der Waals surface area contributed by atoms with E-state index in [4.69, 9.17) is 10.8 Å². The average Bonchev–Trinajstić information content (AvgIpc) is 2.65. The average molecular weight is 246 g/mol. The summed E-state index contributed by atoms with van der Waals surface area (Å²) >= 11 is 0. The zero-order valence-electron chi connectivity index (χ0n) is 10.5. The van der Waals surface area contributed by atoms with Crippen LogP contribution in [0.1, 0.15) is 18.4 Å². The van der Waals surface area contributed by atoms with Gasteiger partial charge in [-0.2, -0.15) is 0 Å². The predicted octanol–water partition coefficient (Wildman–Crippen LogP) is 1.91. The molecule has 3 N–H and O–H groups in total. The Bertz CT molecular complexity index is 560. The molecule has 0 bridgehead atoms. The predicted molar refractivity (Wildman–Crippen MR) is 71.5 cm³/mol. The monoisotopic (exact) mass is 246 g/mol. The van der Waals surface area contributed by atoms with E-state index in [-0.39, 0.29) is 12.5 Å². The maximum absolute atomic E-state index is 10.5. The summed E-state index contributed by atoms with van der Waals surface area (Å²) in [5.41, 5.74) is 8.35. The van der Waals surface area contributed by atoms with Gasteiger partial charge in [-0.15, -0.1) is 0 Å². The van der Waals surface area contributed by atoms with E-state index in [1.807, 2.05) is 19.2 Å². The van der Waals surface area contributed by atoms with Crippen molar-refractivity contribution >= 4 is 16.9 Å². The molecule has 2 aromatic rings. The molecule has 1 atom stereocenters. The van der Waals surface area contributed by atoms with Gasteiger partial charge in [-0.3, -0.25) is 4.79 Å². The van der Waals surface area contributed by atoms with E-state index in [0.717, 1.165) is 0 Å². The van der Waals surface area contributed by atoms with Crippen molar-refractivity contribution in [1.29, 1.82) is 0 Å². The summed E-state index contributed by atoms with van der Waals surface area (Å²) in [5, 5.41) is 9.84. The van der Waals surface area contributed by atoms with Crippen LogP contribution < -0.4 is 5.73 Å². The molecule has 4 heteroatoms. The van der Waals surface area contributed by atoms with Gasteiger partial charge in [0, 0.05) is 36.6 Å². The Labute approximate surface area is 106 Å². The summed E-state index contributed by atoms with van der Waals surface area (Å²) in [7, 11) is 2.01. The molecule has 0 aliphatic carbocycles. The topological polar surface area (TPSA) is 68.2 Å². The third-order valence-electron chi connectivity index (χ3n) is 3.19. The number of hydrogen-bond acceptors (Lipinski definition) is 2. The molecule has 0 fully saturated rings. The van der Waals surface area contributed by atoms with Crippen LogP contribution in [0.2, 0.25) is 0 Å². The van der Waals surface area contributed by atoms with Crippen LogP contribution >= 0.6 is 0 Å². The molecule has 4 nitrogen and oxygen atoms in total. The number of aryl methyl sites for hydroxylation is 1. The maximum Gasteiger partial charge on any atom is 0.303 e. The largest absolute Gasteiger partial charge is 0.481 e. The Morgan fingerprint density at radius 3 is 2.89 bits per heavy atom. The molecule has 0 radical (unpaired) electrons. The van der Waals surface area contributed by atoms with E-state index < -0.39 is 5.97 Å². The molecule has 2 rings (SSSR count). The highest BCUT2D eigenvalue weighted by atomic mass is 16.4. The second-order valence-electron chi connectivity index (χ2n) is 4.68. The van der Waals surface area contributed by atoms with Gasteiger partial charge in [0.2, 0.25) is 0 Å². The van der Waals surface area contributed by atoms with E-state index in [0.29, 0.717) is 12.8 Å². The molecule has 1 unspecified atom stereocenters. The fraction of sp³-hybridized carbons (Fsp3) is 0.357. The van der Waals surface area contributed by atoms with Gasteiger partial charge in [0.1, 0.15) is 0 Å². The highest BCUT2D eigenvalue weighted by Gasteiger charge is 2.11. The number of nitrogens with zero attached hydrogens (tertiary/aromatic N) is 1. The lowest BCUT2D eigenvalue weighted by Gasteiger charge is -2.09. The molecular formula is C14H18N2O2. The van der Waals surface area contributed by atoms with Crippen LogP contribution in [-0.4, -0.2) is 21.7 Å². The Morgan fingerprint density at radius 2 is 2.17 bits per heavy atom. The number of carboxylic acids is 1. The number of para-hydroxylation sites is 1. The number of aromatic nitrogens is 1. The van der Waals surface area contributed by atoms with E-state index in [2.05, 4.69) is 22.9 Å². The minimum atomic E-state index is -0.789. The first-order valence-electron chi connectivity index (χ1n) is 6.08. The third-order valence-corrected chi connectivity index (χ3v) is 3.19. The van der Waals surface area contributed by atoms with Crippen LogP contribution in [0.15, 0.2) is 30.5 Å². The van der Waals surface area contributed by atoms with Crippen molar-refractivity contribution in [2.45, 2.75) is 25.3 Å². The minimum absolute atomic E-state index is 0.105. The van der Waals surface area contributed by atoms with Crippen molar-refractivity contribution in [3.63, 3.8) is 0 Å². The molecule has 18 heavy (non-hydrogen) atoms. The SMILES string of the molecule is Cn1cc(CC(N)CCC(=O)O)c2ccccc21. The number of fused-ring (bicyclic) bond motifs is 1. The lowest BCUT2D eigenvalue weighted by molar-refractivity contribution is -0.137.